The Hall–Kier alpha value is 0.270. The molecule has 0 saturated carbocycles. The van der Waals surface area contributed by atoms with Crippen LogP contribution in [0.4, 0.5) is 0 Å². The normalized spacial score (nSPS) is 30.4. The second-order valence-electron chi connectivity index (χ2n) is 6.02. The minimum Gasteiger partial charge on any atom is -0.393 e. The van der Waals surface area contributed by atoms with E-state index in [0.29, 0.717) is 6.04 Å². The number of hydrogen-bond donors (Lipinski definition) is 1. The first-order chi connectivity index (χ1) is 7.32. The summed E-state index contributed by atoms with van der Waals surface area (Å²) in [7, 11) is 0. The fourth-order valence-corrected chi connectivity index (χ4v) is 3.19. The Morgan fingerprint density at radius 1 is 1.38 bits per heavy atom. The zero-order valence-electron chi connectivity index (χ0n) is 11.4. The molecule has 96 valence electrons. The highest BCUT2D eigenvalue weighted by Gasteiger charge is 2.27. The molecular formula is C13H27NOS. The van der Waals surface area contributed by atoms with Crippen LogP contribution >= 0.6 is 11.8 Å². The molecular weight excluding hydrogens is 218 g/mol. The van der Waals surface area contributed by atoms with Crippen molar-refractivity contribution in [2.24, 2.45) is 5.41 Å². The number of aliphatic hydroxyl groups is 1. The molecule has 3 atom stereocenters. The predicted octanol–water partition coefficient (Wildman–Crippen LogP) is 2.61. The third-order valence-corrected chi connectivity index (χ3v) is 5.04. The molecule has 0 aromatic rings. The van der Waals surface area contributed by atoms with Crippen molar-refractivity contribution in [1.82, 2.24) is 4.90 Å². The Kier molecular flexibility index (Phi) is 5.14. The Morgan fingerprint density at radius 3 is 2.56 bits per heavy atom. The van der Waals surface area contributed by atoms with Crippen LogP contribution in [0.2, 0.25) is 0 Å². The van der Waals surface area contributed by atoms with Crippen LogP contribution in [0.5, 0.6) is 0 Å². The molecule has 3 unspecified atom stereocenters. The van der Waals surface area contributed by atoms with Crippen molar-refractivity contribution in [3.05, 3.63) is 0 Å². The fourth-order valence-electron chi connectivity index (χ4n) is 2.03. The largest absolute Gasteiger partial charge is 0.393 e. The van der Waals surface area contributed by atoms with Gasteiger partial charge in [-0.05, 0) is 18.8 Å². The van der Waals surface area contributed by atoms with Gasteiger partial charge in [-0.25, -0.2) is 0 Å². The highest BCUT2D eigenvalue weighted by Crippen LogP contribution is 2.26. The standard InChI is InChI=1S/C13H27NOS/c1-10-11(2)16-9-8-14(10)7-6-12(15)13(3,4)5/h10-12,15H,6-9H2,1-5H3. The van der Waals surface area contributed by atoms with Gasteiger partial charge in [0.15, 0.2) is 0 Å². The van der Waals surface area contributed by atoms with Gasteiger partial charge >= 0.3 is 0 Å². The van der Waals surface area contributed by atoms with Gasteiger partial charge in [0.25, 0.3) is 0 Å². The molecule has 1 N–H and O–H groups in total. The van der Waals surface area contributed by atoms with E-state index in [2.05, 4.69) is 51.3 Å². The summed E-state index contributed by atoms with van der Waals surface area (Å²) in [5.41, 5.74) is 0.0133. The molecule has 1 aliphatic heterocycles. The molecule has 1 rings (SSSR count). The summed E-state index contributed by atoms with van der Waals surface area (Å²) >= 11 is 2.07. The molecule has 0 aromatic carbocycles. The van der Waals surface area contributed by atoms with Gasteiger partial charge < -0.3 is 5.11 Å². The maximum atomic E-state index is 10.0. The van der Waals surface area contributed by atoms with Gasteiger partial charge in [0, 0.05) is 30.1 Å². The van der Waals surface area contributed by atoms with E-state index >= 15 is 0 Å². The van der Waals surface area contributed by atoms with Gasteiger partial charge in [0.1, 0.15) is 0 Å². The highest BCUT2D eigenvalue weighted by molar-refractivity contribution is 8.00. The molecule has 16 heavy (non-hydrogen) atoms. The van der Waals surface area contributed by atoms with Gasteiger partial charge in [-0.3, -0.25) is 4.90 Å². The van der Waals surface area contributed by atoms with E-state index in [9.17, 15) is 5.11 Å². The second kappa shape index (κ2) is 5.74. The van der Waals surface area contributed by atoms with E-state index in [1.807, 2.05) is 0 Å². The van der Waals surface area contributed by atoms with Crippen molar-refractivity contribution < 1.29 is 5.11 Å². The lowest BCUT2D eigenvalue weighted by Gasteiger charge is -2.38. The van der Waals surface area contributed by atoms with Crippen molar-refractivity contribution in [1.29, 1.82) is 0 Å². The van der Waals surface area contributed by atoms with E-state index in [4.69, 9.17) is 0 Å². The second-order valence-corrected chi connectivity index (χ2v) is 7.51. The third-order valence-electron chi connectivity index (χ3n) is 3.70. The van der Waals surface area contributed by atoms with Crippen LogP contribution in [-0.4, -0.2) is 46.2 Å². The summed E-state index contributed by atoms with van der Waals surface area (Å²) in [5.74, 6) is 1.23. The Morgan fingerprint density at radius 2 is 2.00 bits per heavy atom. The lowest BCUT2D eigenvalue weighted by atomic mass is 9.87. The molecule has 0 radical (unpaired) electrons. The van der Waals surface area contributed by atoms with Crippen molar-refractivity contribution in [2.75, 3.05) is 18.8 Å². The first kappa shape index (κ1) is 14.3. The minimum absolute atomic E-state index is 0.0133. The summed E-state index contributed by atoms with van der Waals surface area (Å²) in [5, 5.41) is 10.8. The predicted molar refractivity (Wildman–Crippen MR) is 73.0 cm³/mol. The Bertz CT molecular complexity index is 214. The van der Waals surface area contributed by atoms with Crippen LogP contribution in [0.25, 0.3) is 0 Å². The number of hydrogen-bond acceptors (Lipinski definition) is 3. The lowest BCUT2D eigenvalue weighted by molar-refractivity contribution is 0.0418. The third kappa shape index (κ3) is 3.94. The maximum absolute atomic E-state index is 10.0. The number of thioether (sulfide) groups is 1. The van der Waals surface area contributed by atoms with Crippen LogP contribution in [0.1, 0.15) is 41.0 Å². The average Bonchev–Trinajstić information content (AvgIpc) is 2.18. The monoisotopic (exact) mass is 245 g/mol. The van der Waals surface area contributed by atoms with E-state index in [-0.39, 0.29) is 11.5 Å². The summed E-state index contributed by atoms with van der Waals surface area (Å²) in [4.78, 5) is 2.52. The van der Waals surface area contributed by atoms with Gasteiger partial charge in [-0.2, -0.15) is 11.8 Å². The van der Waals surface area contributed by atoms with Crippen molar-refractivity contribution in [2.45, 2.75) is 58.4 Å². The van der Waals surface area contributed by atoms with Crippen LogP contribution in [0, 0.1) is 5.41 Å². The summed E-state index contributed by atoms with van der Waals surface area (Å²) in [6.45, 7) is 13.1. The first-order valence-corrected chi connectivity index (χ1v) is 7.41. The van der Waals surface area contributed by atoms with E-state index < -0.39 is 0 Å². The summed E-state index contributed by atoms with van der Waals surface area (Å²) in [6.07, 6.45) is 0.704. The molecule has 0 amide bonds. The minimum atomic E-state index is -0.190. The maximum Gasteiger partial charge on any atom is 0.0600 e. The molecule has 0 aromatic heterocycles. The molecule has 3 heteroatoms. The highest BCUT2D eigenvalue weighted by atomic mass is 32.2. The molecule has 0 aliphatic carbocycles. The number of rotatable bonds is 3. The molecule has 0 spiro atoms. The van der Waals surface area contributed by atoms with Crippen molar-refractivity contribution in [3.63, 3.8) is 0 Å². The molecule has 1 heterocycles. The molecule has 2 nitrogen and oxygen atoms in total. The van der Waals surface area contributed by atoms with Crippen LogP contribution in [0.15, 0.2) is 0 Å². The van der Waals surface area contributed by atoms with E-state index in [1.165, 1.54) is 12.3 Å². The Labute approximate surface area is 105 Å². The Balaban J connectivity index is 2.37. The zero-order valence-corrected chi connectivity index (χ0v) is 12.2. The van der Waals surface area contributed by atoms with Gasteiger partial charge in [0.2, 0.25) is 0 Å². The van der Waals surface area contributed by atoms with Gasteiger partial charge in [-0.15, -0.1) is 0 Å². The van der Waals surface area contributed by atoms with Crippen LogP contribution in [-0.2, 0) is 0 Å². The summed E-state index contributed by atoms with van der Waals surface area (Å²) in [6, 6.07) is 0.644. The number of nitrogens with zero attached hydrogens (tertiary/aromatic N) is 1. The van der Waals surface area contributed by atoms with Crippen molar-refractivity contribution >= 4 is 11.8 Å². The van der Waals surface area contributed by atoms with E-state index in [0.717, 1.165) is 18.2 Å². The van der Waals surface area contributed by atoms with Crippen molar-refractivity contribution in [3.8, 4) is 0 Å². The molecule has 1 saturated heterocycles. The molecule has 1 aliphatic rings. The van der Waals surface area contributed by atoms with Crippen LogP contribution < -0.4 is 0 Å². The lowest BCUT2D eigenvalue weighted by Crippen LogP contribution is -2.46. The SMILES string of the molecule is CC1SCCN(CCC(O)C(C)(C)C)C1C. The van der Waals surface area contributed by atoms with E-state index in [1.54, 1.807) is 0 Å². The average molecular weight is 245 g/mol. The molecule has 0 bridgehead atoms. The molecule has 1 fully saturated rings. The topological polar surface area (TPSA) is 23.5 Å². The number of aliphatic hydroxyl groups excluding tert-OH is 1. The quantitative estimate of drug-likeness (QED) is 0.827. The van der Waals surface area contributed by atoms with Crippen LogP contribution in [0.3, 0.4) is 0 Å². The van der Waals surface area contributed by atoms with Gasteiger partial charge in [0.05, 0.1) is 6.10 Å². The fraction of sp³-hybridized carbons (Fsp3) is 1.00. The first-order valence-electron chi connectivity index (χ1n) is 6.36. The summed E-state index contributed by atoms with van der Waals surface area (Å²) < 4.78 is 0. The van der Waals surface area contributed by atoms with Gasteiger partial charge in [-0.1, -0.05) is 27.7 Å². The zero-order chi connectivity index (χ0) is 12.3. The smallest absolute Gasteiger partial charge is 0.0600 e.